The summed E-state index contributed by atoms with van der Waals surface area (Å²) in [7, 11) is 0. The molecule has 1 saturated carbocycles. The van der Waals surface area contributed by atoms with Crippen molar-refractivity contribution < 1.29 is 9.53 Å². The van der Waals surface area contributed by atoms with E-state index in [1.807, 2.05) is 0 Å². The van der Waals surface area contributed by atoms with E-state index in [0.717, 1.165) is 32.5 Å². The van der Waals surface area contributed by atoms with Crippen molar-refractivity contribution in [1.82, 2.24) is 10.6 Å². The monoisotopic (exact) mass is 276 g/mol. The van der Waals surface area contributed by atoms with Gasteiger partial charge in [-0.1, -0.05) is 19.3 Å². The van der Waals surface area contributed by atoms with E-state index in [9.17, 15) is 4.79 Å². The van der Waals surface area contributed by atoms with Crippen molar-refractivity contribution in [3.05, 3.63) is 0 Å². The Bertz CT molecular complexity index is 262. The molecule has 2 fully saturated rings. The van der Waals surface area contributed by atoms with Crippen molar-refractivity contribution in [3.8, 4) is 0 Å². The number of hydrogen-bond acceptors (Lipinski definition) is 3. The summed E-state index contributed by atoms with van der Waals surface area (Å²) in [5.41, 5.74) is 0.0252. The zero-order chi connectivity index (χ0) is 12.1. The topological polar surface area (TPSA) is 50.4 Å². The second kappa shape index (κ2) is 7.31. The lowest BCUT2D eigenvalue weighted by atomic mass is 9.83. The van der Waals surface area contributed by atoms with Crippen LogP contribution in [0.15, 0.2) is 0 Å². The largest absolute Gasteiger partial charge is 0.375 e. The predicted octanol–water partition coefficient (Wildman–Crippen LogP) is 1.63. The lowest BCUT2D eigenvalue weighted by molar-refractivity contribution is -0.126. The molecule has 4 nitrogen and oxygen atoms in total. The highest BCUT2D eigenvalue weighted by Crippen LogP contribution is 2.27. The van der Waals surface area contributed by atoms with Crippen molar-refractivity contribution in [1.29, 1.82) is 0 Å². The van der Waals surface area contributed by atoms with Gasteiger partial charge in [0.1, 0.15) is 0 Å². The van der Waals surface area contributed by atoms with E-state index in [2.05, 4.69) is 17.6 Å². The lowest BCUT2D eigenvalue weighted by Crippen LogP contribution is -2.49. The molecule has 1 heterocycles. The molecule has 18 heavy (non-hydrogen) atoms. The summed E-state index contributed by atoms with van der Waals surface area (Å²) in [6, 6.07) is 0. The molecule has 5 heteroatoms. The van der Waals surface area contributed by atoms with E-state index >= 15 is 0 Å². The molecular weight excluding hydrogens is 252 g/mol. The fraction of sp³-hybridized carbons (Fsp3) is 0.923. The van der Waals surface area contributed by atoms with E-state index in [1.165, 1.54) is 19.3 Å². The third-order valence-corrected chi connectivity index (χ3v) is 3.82. The molecule has 2 N–H and O–H groups in total. The van der Waals surface area contributed by atoms with Crippen LogP contribution >= 0.6 is 12.4 Å². The summed E-state index contributed by atoms with van der Waals surface area (Å²) in [6.07, 6.45) is 6.54. The van der Waals surface area contributed by atoms with Gasteiger partial charge >= 0.3 is 0 Å². The van der Waals surface area contributed by atoms with E-state index < -0.39 is 0 Å². The molecular formula is C13H25ClN2O2. The summed E-state index contributed by atoms with van der Waals surface area (Å²) in [6.45, 7) is 4.58. The second-order valence-corrected chi connectivity index (χ2v) is 5.57. The number of nitrogens with one attached hydrogen (secondary N) is 2. The minimum atomic E-state index is 0. The summed E-state index contributed by atoms with van der Waals surface area (Å²) < 4.78 is 5.55. The maximum absolute atomic E-state index is 12.0. The van der Waals surface area contributed by atoms with Gasteiger partial charge in [0, 0.05) is 18.6 Å². The summed E-state index contributed by atoms with van der Waals surface area (Å²) in [4.78, 5) is 12.0. The molecule has 1 aliphatic heterocycles. The van der Waals surface area contributed by atoms with Gasteiger partial charge in [-0.25, -0.2) is 0 Å². The average Bonchev–Trinajstić information content (AvgIpc) is 2.30. The predicted molar refractivity (Wildman–Crippen MR) is 74.1 cm³/mol. The van der Waals surface area contributed by atoms with Gasteiger partial charge < -0.3 is 15.4 Å². The number of hydrogen-bond donors (Lipinski definition) is 2. The van der Waals surface area contributed by atoms with Crippen molar-refractivity contribution in [2.24, 2.45) is 0 Å². The highest BCUT2D eigenvalue weighted by Gasteiger charge is 2.29. The van der Waals surface area contributed by atoms with Crippen LogP contribution in [0, 0.1) is 0 Å². The van der Waals surface area contributed by atoms with Crippen LogP contribution in [0.4, 0.5) is 0 Å². The third-order valence-electron chi connectivity index (χ3n) is 3.82. The van der Waals surface area contributed by atoms with Gasteiger partial charge in [-0.2, -0.15) is 0 Å². The molecule has 0 radical (unpaired) electrons. The number of ether oxygens (including phenoxy) is 1. The minimum Gasteiger partial charge on any atom is -0.375 e. The molecule has 1 amide bonds. The van der Waals surface area contributed by atoms with Gasteiger partial charge in [-0.3, -0.25) is 4.79 Å². The molecule has 0 aromatic carbocycles. The van der Waals surface area contributed by atoms with Crippen LogP contribution in [0.3, 0.4) is 0 Å². The van der Waals surface area contributed by atoms with Gasteiger partial charge in [0.05, 0.1) is 19.1 Å². The minimum absolute atomic E-state index is 0. The Kier molecular flexibility index (Phi) is 6.39. The fourth-order valence-electron chi connectivity index (χ4n) is 2.80. The van der Waals surface area contributed by atoms with Crippen molar-refractivity contribution >= 4 is 18.3 Å². The number of carbonyl (C=O) groups excluding carboxylic acids is 1. The molecule has 2 aliphatic rings. The first-order valence-corrected chi connectivity index (χ1v) is 6.81. The SMILES string of the molecule is CC1(NC(=O)CC2CNCCO2)CCCCC1.Cl. The van der Waals surface area contributed by atoms with Crippen molar-refractivity contribution in [3.63, 3.8) is 0 Å². The summed E-state index contributed by atoms with van der Waals surface area (Å²) >= 11 is 0. The number of morpholine rings is 1. The number of carbonyl (C=O) groups is 1. The molecule has 1 atom stereocenters. The van der Waals surface area contributed by atoms with Gasteiger partial charge in [0.2, 0.25) is 5.91 Å². The average molecular weight is 277 g/mol. The Morgan fingerprint density at radius 1 is 1.39 bits per heavy atom. The van der Waals surface area contributed by atoms with E-state index in [0.29, 0.717) is 6.42 Å². The Morgan fingerprint density at radius 2 is 2.11 bits per heavy atom. The van der Waals surface area contributed by atoms with Crippen LogP contribution in [0.2, 0.25) is 0 Å². The van der Waals surface area contributed by atoms with Crippen LogP contribution < -0.4 is 10.6 Å². The number of rotatable bonds is 3. The van der Waals surface area contributed by atoms with Crippen molar-refractivity contribution in [2.45, 2.75) is 57.1 Å². The Morgan fingerprint density at radius 3 is 2.72 bits per heavy atom. The van der Waals surface area contributed by atoms with Gasteiger partial charge in [-0.15, -0.1) is 12.4 Å². The highest BCUT2D eigenvalue weighted by atomic mass is 35.5. The molecule has 1 aliphatic carbocycles. The Balaban J connectivity index is 0.00000162. The zero-order valence-corrected chi connectivity index (χ0v) is 12.0. The normalized spacial score (nSPS) is 27.1. The maximum atomic E-state index is 12.0. The molecule has 106 valence electrons. The number of halogens is 1. The zero-order valence-electron chi connectivity index (χ0n) is 11.2. The van der Waals surface area contributed by atoms with Crippen molar-refractivity contribution in [2.75, 3.05) is 19.7 Å². The summed E-state index contributed by atoms with van der Waals surface area (Å²) in [5.74, 6) is 0.142. The van der Waals surface area contributed by atoms with Gasteiger partial charge in [-0.05, 0) is 19.8 Å². The molecule has 0 bridgehead atoms. The lowest BCUT2D eigenvalue weighted by Gasteiger charge is -2.35. The number of amides is 1. The van der Waals surface area contributed by atoms with Crippen LogP contribution in [0.25, 0.3) is 0 Å². The Hall–Kier alpha value is -0.320. The van der Waals surface area contributed by atoms with Gasteiger partial charge in [0.25, 0.3) is 0 Å². The standard InChI is InChI=1S/C13H24N2O2.ClH/c1-13(5-3-2-4-6-13)15-12(16)9-11-10-14-7-8-17-11;/h11,14H,2-10H2,1H3,(H,15,16);1H. The van der Waals surface area contributed by atoms with E-state index in [4.69, 9.17) is 4.74 Å². The first-order valence-electron chi connectivity index (χ1n) is 6.81. The quantitative estimate of drug-likeness (QED) is 0.824. The Labute approximate surface area is 116 Å². The maximum Gasteiger partial charge on any atom is 0.223 e. The first-order chi connectivity index (χ1) is 8.18. The van der Waals surface area contributed by atoms with E-state index in [1.54, 1.807) is 0 Å². The molecule has 0 aromatic rings. The van der Waals surface area contributed by atoms with Gasteiger partial charge in [0.15, 0.2) is 0 Å². The first kappa shape index (κ1) is 15.7. The highest BCUT2D eigenvalue weighted by molar-refractivity contribution is 5.85. The van der Waals surface area contributed by atoms with Crippen LogP contribution in [-0.4, -0.2) is 37.2 Å². The summed E-state index contributed by atoms with van der Waals surface area (Å²) in [5, 5.41) is 6.44. The molecule has 2 rings (SSSR count). The van der Waals surface area contributed by atoms with E-state index in [-0.39, 0.29) is 30.0 Å². The van der Waals surface area contributed by atoms with Crippen LogP contribution in [-0.2, 0) is 9.53 Å². The molecule has 1 unspecified atom stereocenters. The third kappa shape index (κ3) is 4.75. The van der Waals surface area contributed by atoms with Crippen LogP contribution in [0.5, 0.6) is 0 Å². The molecule has 1 saturated heterocycles. The fourth-order valence-corrected chi connectivity index (χ4v) is 2.80. The molecule has 0 aromatic heterocycles. The molecule has 0 spiro atoms. The smallest absolute Gasteiger partial charge is 0.223 e. The van der Waals surface area contributed by atoms with Crippen LogP contribution in [0.1, 0.15) is 45.4 Å². The second-order valence-electron chi connectivity index (χ2n) is 5.57.